The zero-order chi connectivity index (χ0) is 19.9. The van der Waals surface area contributed by atoms with Crippen LogP contribution in [-0.2, 0) is 9.59 Å². The fourth-order valence-electron chi connectivity index (χ4n) is 4.22. The highest BCUT2D eigenvalue weighted by Crippen LogP contribution is 2.47. The maximum atomic E-state index is 13.5. The van der Waals surface area contributed by atoms with Gasteiger partial charge in [-0.15, -0.1) is 11.8 Å². The lowest BCUT2D eigenvalue weighted by Crippen LogP contribution is -2.53. The highest BCUT2D eigenvalue weighted by atomic mass is 32.2. The molecule has 2 atom stereocenters. The Morgan fingerprint density at radius 1 is 1.32 bits per heavy atom. The van der Waals surface area contributed by atoms with Crippen LogP contribution < -0.4 is 0 Å². The van der Waals surface area contributed by atoms with Crippen molar-refractivity contribution in [3.8, 4) is 0 Å². The van der Waals surface area contributed by atoms with E-state index in [-0.39, 0.29) is 22.7 Å². The zero-order valence-corrected chi connectivity index (χ0v) is 18.3. The molecule has 3 aliphatic heterocycles. The fourth-order valence-corrected chi connectivity index (χ4v) is 6.60. The topological polar surface area (TPSA) is 53.0 Å². The summed E-state index contributed by atoms with van der Waals surface area (Å²) in [6.45, 7) is 7.08. The average molecular weight is 418 g/mol. The van der Waals surface area contributed by atoms with E-state index in [1.165, 1.54) is 5.56 Å². The van der Waals surface area contributed by atoms with Crippen LogP contribution in [0.4, 0.5) is 5.69 Å². The van der Waals surface area contributed by atoms with E-state index in [4.69, 9.17) is 4.99 Å². The van der Waals surface area contributed by atoms with E-state index in [0.29, 0.717) is 24.6 Å². The molecule has 3 fully saturated rings. The predicted octanol–water partition coefficient (Wildman–Crippen LogP) is 4.22. The van der Waals surface area contributed by atoms with Gasteiger partial charge in [0.05, 0.1) is 10.6 Å². The molecule has 3 saturated heterocycles. The molecular formula is C21H27N3O2S2. The average Bonchev–Trinajstić information content (AvgIpc) is 3.18. The zero-order valence-electron chi connectivity index (χ0n) is 16.7. The van der Waals surface area contributed by atoms with Crippen molar-refractivity contribution in [2.45, 2.75) is 56.9 Å². The first-order valence-electron chi connectivity index (χ1n) is 9.98. The minimum atomic E-state index is -0.366. The highest BCUT2D eigenvalue weighted by Gasteiger charge is 2.54. The monoisotopic (exact) mass is 417 g/mol. The lowest BCUT2D eigenvalue weighted by Gasteiger charge is -2.34. The number of para-hydroxylation sites is 1. The van der Waals surface area contributed by atoms with Crippen LogP contribution in [0.25, 0.3) is 0 Å². The van der Waals surface area contributed by atoms with Crippen molar-refractivity contribution in [3.63, 3.8) is 0 Å². The second-order valence-corrected chi connectivity index (χ2v) is 10.6. The van der Waals surface area contributed by atoms with Crippen LogP contribution >= 0.6 is 23.5 Å². The number of carbonyl (C=O) groups is 2. The SMILES string of the molecule is CC(C)c1ccccc1N=C1SCCCN1C(=O)[C@H]1CS[C@]2(C)CCC(=O)N12. The molecule has 0 aliphatic carbocycles. The molecule has 2 amide bonds. The van der Waals surface area contributed by atoms with E-state index >= 15 is 0 Å². The van der Waals surface area contributed by atoms with Crippen LogP contribution in [0.1, 0.15) is 51.5 Å². The Morgan fingerprint density at radius 3 is 2.89 bits per heavy atom. The molecule has 0 aromatic heterocycles. The molecule has 4 rings (SSSR count). The molecule has 1 aromatic rings. The molecule has 0 spiro atoms. The summed E-state index contributed by atoms with van der Waals surface area (Å²) in [5, 5.41) is 0.773. The molecule has 28 heavy (non-hydrogen) atoms. The third kappa shape index (κ3) is 3.47. The lowest BCUT2D eigenvalue weighted by atomic mass is 10.0. The summed E-state index contributed by atoms with van der Waals surface area (Å²) < 4.78 is 0. The second kappa shape index (κ2) is 7.75. The van der Waals surface area contributed by atoms with Crippen molar-refractivity contribution in [1.29, 1.82) is 0 Å². The number of benzene rings is 1. The Bertz CT molecular complexity index is 826. The minimum Gasteiger partial charge on any atom is -0.315 e. The highest BCUT2D eigenvalue weighted by molar-refractivity contribution is 8.13. The molecule has 0 bridgehead atoms. The van der Waals surface area contributed by atoms with Crippen LogP contribution in [0.5, 0.6) is 0 Å². The third-order valence-electron chi connectivity index (χ3n) is 5.76. The number of hydrogen-bond acceptors (Lipinski definition) is 5. The van der Waals surface area contributed by atoms with Gasteiger partial charge in [0.15, 0.2) is 5.17 Å². The quantitative estimate of drug-likeness (QED) is 0.739. The number of hydrogen-bond donors (Lipinski definition) is 0. The Balaban J connectivity index is 1.63. The smallest absolute Gasteiger partial charge is 0.252 e. The molecule has 3 aliphatic rings. The van der Waals surface area contributed by atoms with E-state index in [2.05, 4.69) is 26.8 Å². The summed E-state index contributed by atoms with van der Waals surface area (Å²) in [5.74, 6) is 2.15. The van der Waals surface area contributed by atoms with Crippen LogP contribution in [-0.4, -0.2) is 55.7 Å². The molecule has 0 unspecified atom stereocenters. The van der Waals surface area contributed by atoms with E-state index in [1.807, 2.05) is 28.0 Å². The molecule has 150 valence electrons. The Kier molecular flexibility index (Phi) is 5.49. The first-order valence-corrected chi connectivity index (χ1v) is 12.0. The lowest BCUT2D eigenvalue weighted by molar-refractivity contribution is -0.141. The number of nitrogens with zero attached hydrogens (tertiary/aromatic N) is 3. The number of carbonyl (C=O) groups excluding carboxylic acids is 2. The van der Waals surface area contributed by atoms with Gasteiger partial charge in [0.1, 0.15) is 6.04 Å². The Hall–Kier alpha value is -1.47. The summed E-state index contributed by atoms with van der Waals surface area (Å²) in [6.07, 6.45) is 2.33. The normalized spacial score (nSPS) is 29.1. The molecule has 3 heterocycles. The standard InChI is InChI=1S/C21H27N3O2S2/c1-14(2)15-7-4-5-8-16(15)22-20-23(11-6-12-27-20)19(26)17-13-28-21(3)10-9-18(25)24(17)21/h4-5,7-8,14,17H,6,9-13H2,1-3H3/t17-,21-/m1/s1. The number of aliphatic imine (C=N–C) groups is 1. The van der Waals surface area contributed by atoms with Crippen LogP contribution in [0.2, 0.25) is 0 Å². The minimum absolute atomic E-state index is 0.0273. The van der Waals surface area contributed by atoms with E-state index < -0.39 is 0 Å². The van der Waals surface area contributed by atoms with E-state index in [1.54, 1.807) is 23.5 Å². The Morgan fingerprint density at radius 2 is 2.11 bits per heavy atom. The van der Waals surface area contributed by atoms with Gasteiger partial charge in [-0.05, 0) is 37.3 Å². The molecule has 5 nitrogen and oxygen atoms in total. The van der Waals surface area contributed by atoms with Crippen LogP contribution in [0.3, 0.4) is 0 Å². The maximum absolute atomic E-state index is 13.5. The van der Waals surface area contributed by atoms with Crippen LogP contribution in [0.15, 0.2) is 29.3 Å². The molecule has 0 radical (unpaired) electrons. The maximum Gasteiger partial charge on any atom is 0.252 e. The summed E-state index contributed by atoms with van der Waals surface area (Å²) in [6, 6.07) is 7.78. The number of rotatable bonds is 3. The third-order valence-corrected chi connectivity index (χ3v) is 8.33. The van der Waals surface area contributed by atoms with Crippen molar-refractivity contribution in [2.75, 3.05) is 18.1 Å². The summed E-state index contributed by atoms with van der Waals surface area (Å²) in [5.41, 5.74) is 2.12. The van der Waals surface area contributed by atoms with Gasteiger partial charge in [0.2, 0.25) is 5.91 Å². The molecule has 1 aromatic carbocycles. The van der Waals surface area contributed by atoms with Gasteiger partial charge in [0.25, 0.3) is 5.91 Å². The Labute approximate surface area is 175 Å². The molecule has 0 N–H and O–H groups in total. The first kappa shape index (κ1) is 19.8. The van der Waals surface area contributed by atoms with Gasteiger partial charge in [0, 0.05) is 24.5 Å². The summed E-state index contributed by atoms with van der Waals surface area (Å²) in [7, 11) is 0. The summed E-state index contributed by atoms with van der Waals surface area (Å²) in [4.78, 5) is 34.3. The van der Waals surface area contributed by atoms with Gasteiger partial charge < -0.3 is 4.90 Å². The fraction of sp³-hybridized carbons (Fsp3) is 0.571. The number of thioether (sulfide) groups is 2. The second-order valence-electron chi connectivity index (χ2n) is 8.07. The van der Waals surface area contributed by atoms with E-state index in [0.717, 1.165) is 29.4 Å². The van der Waals surface area contributed by atoms with Crippen molar-refractivity contribution in [3.05, 3.63) is 29.8 Å². The number of amides is 2. The molecular weight excluding hydrogens is 390 g/mol. The number of amidine groups is 1. The predicted molar refractivity (Wildman–Crippen MR) is 117 cm³/mol. The van der Waals surface area contributed by atoms with Crippen molar-refractivity contribution in [2.24, 2.45) is 4.99 Å². The van der Waals surface area contributed by atoms with Gasteiger partial charge in [-0.25, -0.2) is 4.99 Å². The summed E-state index contributed by atoms with van der Waals surface area (Å²) >= 11 is 3.39. The number of fused-ring (bicyclic) bond motifs is 1. The van der Waals surface area contributed by atoms with Crippen LogP contribution in [0, 0.1) is 0 Å². The van der Waals surface area contributed by atoms with Gasteiger partial charge in [-0.2, -0.15) is 0 Å². The van der Waals surface area contributed by atoms with Crippen molar-refractivity contribution in [1.82, 2.24) is 9.80 Å². The van der Waals surface area contributed by atoms with Gasteiger partial charge >= 0.3 is 0 Å². The first-order chi connectivity index (χ1) is 13.4. The van der Waals surface area contributed by atoms with E-state index in [9.17, 15) is 9.59 Å². The van der Waals surface area contributed by atoms with Gasteiger partial charge in [-0.3, -0.25) is 14.5 Å². The van der Waals surface area contributed by atoms with Gasteiger partial charge in [-0.1, -0.05) is 43.8 Å². The van der Waals surface area contributed by atoms with Crippen molar-refractivity contribution >= 4 is 46.2 Å². The molecule has 0 saturated carbocycles. The van der Waals surface area contributed by atoms with Crippen molar-refractivity contribution < 1.29 is 9.59 Å². The largest absolute Gasteiger partial charge is 0.315 e. The molecule has 7 heteroatoms.